The molecule has 6 nitrogen and oxygen atoms in total. The molecule has 7 heteroatoms. The summed E-state index contributed by atoms with van der Waals surface area (Å²) in [6, 6.07) is 13.8. The molecule has 27 heavy (non-hydrogen) atoms. The van der Waals surface area contributed by atoms with Gasteiger partial charge in [0.05, 0.1) is 4.90 Å². The molecule has 1 N–H and O–H groups in total. The van der Waals surface area contributed by atoms with E-state index in [9.17, 15) is 13.2 Å². The third-order valence-electron chi connectivity index (χ3n) is 4.57. The number of hydrogen-bond donors (Lipinski definition) is 1. The van der Waals surface area contributed by atoms with E-state index in [0.29, 0.717) is 18.8 Å². The fourth-order valence-electron chi connectivity index (χ4n) is 3.07. The van der Waals surface area contributed by atoms with Gasteiger partial charge in [0.1, 0.15) is 5.75 Å². The lowest BCUT2D eigenvalue weighted by molar-refractivity contribution is -0.118. The minimum Gasteiger partial charge on any atom is -0.484 e. The molecule has 0 unspecified atom stereocenters. The summed E-state index contributed by atoms with van der Waals surface area (Å²) >= 11 is 0. The largest absolute Gasteiger partial charge is 0.484 e. The lowest BCUT2D eigenvalue weighted by atomic mass is 10.1. The van der Waals surface area contributed by atoms with Crippen LogP contribution >= 0.6 is 0 Å². The summed E-state index contributed by atoms with van der Waals surface area (Å²) in [5, 5.41) is 2.84. The van der Waals surface area contributed by atoms with Crippen LogP contribution in [0, 0.1) is 0 Å². The molecule has 0 radical (unpaired) electrons. The van der Waals surface area contributed by atoms with Gasteiger partial charge in [-0.25, -0.2) is 8.42 Å². The number of benzene rings is 2. The number of sulfonamides is 1. The summed E-state index contributed by atoms with van der Waals surface area (Å²) in [6.07, 6.45) is 2.62. The summed E-state index contributed by atoms with van der Waals surface area (Å²) in [6.45, 7) is 3.02. The predicted molar refractivity (Wildman–Crippen MR) is 104 cm³/mol. The van der Waals surface area contributed by atoms with Gasteiger partial charge in [0.25, 0.3) is 5.91 Å². The van der Waals surface area contributed by atoms with E-state index in [1.54, 1.807) is 12.1 Å². The summed E-state index contributed by atoms with van der Waals surface area (Å²) < 4.78 is 32.0. The number of carbonyl (C=O) groups is 1. The van der Waals surface area contributed by atoms with Crippen LogP contribution in [0.25, 0.3) is 0 Å². The van der Waals surface area contributed by atoms with E-state index in [2.05, 4.69) is 5.32 Å². The molecule has 1 aliphatic rings. The van der Waals surface area contributed by atoms with Crippen molar-refractivity contribution in [3.8, 4) is 5.75 Å². The summed E-state index contributed by atoms with van der Waals surface area (Å²) in [7, 11) is -3.44. The second-order valence-electron chi connectivity index (χ2n) is 6.43. The summed E-state index contributed by atoms with van der Waals surface area (Å²) in [5.74, 6) is 0.193. The second kappa shape index (κ2) is 8.54. The molecular formula is C20H24N2O4S. The van der Waals surface area contributed by atoms with Gasteiger partial charge < -0.3 is 10.1 Å². The van der Waals surface area contributed by atoms with Crippen LogP contribution in [0.4, 0.5) is 5.69 Å². The second-order valence-corrected chi connectivity index (χ2v) is 8.37. The molecule has 0 aliphatic carbocycles. The zero-order valence-electron chi connectivity index (χ0n) is 15.3. The number of nitrogens with zero attached hydrogens (tertiary/aromatic N) is 1. The van der Waals surface area contributed by atoms with E-state index in [1.165, 1.54) is 16.4 Å². The number of para-hydroxylation sites is 1. The maximum atomic E-state index is 12.5. The number of rotatable bonds is 7. The Morgan fingerprint density at radius 2 is 1.74 bits per heavy atom. The Bertz CT molecular complexity index is 888. The standard InChI is InChI=1S/C20H24N2O4S/c1-2-16-7-3-4-8-19(16)21-20(23)15-26-17-9-11-18(12-10-17)27(24,25)22-13-5-6-14-22/h3-4,7-12H,2,5-6,13-15H2,1H3,(H,21,23). The number of amides is 1. The van der Waals surface area contributed by atoms with Gasteiger partial charge in [0.2, 0.25) is 10.0 Å². The first-order valence-electron chi connectivity index (χ1n) is 9.11. The first kappa shape index (κ1) is 19.4. The Morgan fingerprint density at radius 1 is 1.07 bits per heavy atom. The Labute approximate surface area is 160 Å². The molecule has 2 aromatic carbocycles. The highest BCUT2D eigenvalue weighted by Gasteiger charge is 2.26. The van der Waals surface area contributed by atoms with Crippen molar-refractivity contribution in [1.82, 2.24) is 4.31 Å². The molecule has 0 atom stereocenters. The number of anilines is 1. The van der Waals surface area contributed by atoms with Crippen molar-refractivity contribution < 1.29 is 17.9 Å². The highest BCUT2D eigenvalue weighted by atomic mass is 32.2. The van der Waals surface area contributed by atoms with Gasteiger partial charge >= 0.3 is 0 Å². The maximum Gasteiger partial charge on any atom is 0.262 e. The molecule has 1 fully saturated rings. The number of hydrogen-bond acceptors (Lipinski definition) is 4. The van der Waals surface area contributed by atoms with Gasteiger partial charge in [0, 0.05) is 18.8 Å². The van der Waals surface area contributed by atoms with Crippen LogP contribution in [-0.4, -0.2) is 38.3 Å². The van der Waals surface area contributed by atoms with Crippen LogP contribution in [0.15, 0.2) is 53.4 Å². The predicted octanol–water partition coefficient (Wildman–Crippen LogP) is 3.05. The summed E-state index contributed by atoms with van der Waals surface area (Å²) in [5.41, 5.74) is 1.84. The van der Waals surface area contributed by atoms with E-state index in [4.69, 9.17) is 4.74 Å². The number of ether oxygens (including phenoxy) is 1. The quantitative estimate of drug-likeness (QED) is 0.791. The van der Waals surface area contributed by atoms with Crippen LogP contribution in [0.2, 0.25) is 0 Å². The molecule has 1 amide bonds. The monoisotopic (exact) mass is 388 g/mol. The topological polar surface area (TPSA) is 75.7 Å². The molecule has 0 bridgehead atoms. The van der Waals surface area contributed by atoms with Crippen molar-refractivity contribution in [3.05, 3.63) is 54.1 Å². The highest BCUT2D eigenvalue weighted by Crippen LogP contribution is 2.23. The van der Waals surface area contributed by atoms with Gasteiger partial charge in [-0.05, 0) is 55.2 Å². The average Bonchev–Trinajstić information content (AvgIpc) is 3.23. The molecule has 1 aliphatic heterocycles. The van der Waals surface area contributed by atoms with Crippen molar-refractivity contribution in [2.75, 3.05) is 25.0 Å². The molecule has 1 saturated heterocycles. The third kappa shape index (κ3) is 4.67. The molecule has 1 heterocycles. The van der Waals surface area contributed by atoms with Gasteiger partial charge in [-0.15, -0.1) is 0 Å². The van der Waals surface area contributed by atoms with Crippen LogP contribution in [0.5, 0.6) is 5.75 Å². The Morgan fingerprint density at radius 3 is 2.41 bits per heavy atom. The van der Waals surface area contributed by atoms with Gasteiger partial charge in [-0.2, -0.15) is 4.31 Å². The van der Waals surface area contributed by atoms with Gasteiger partial charge in [-0.1, -0.05) is 25.1 Å². The Balaban J connectivity index is 1.58. The minimum atomic E-state index is -3.44. The Hall–Kier alpha value is -2.38. The molecule has 0 spiro atoms. The van der Waals surface area contributed by atoms with E-state index in [1.807, 2.05) is 31.2 Å². The van der Waals surface area contributed by atoms with E-state index in [0.717, 1.165) is 30.5 Å². The van der Waals surface area contributed by atoms with E-state index in [-0.39, 0.29) is 17.4 Å². The maximum absolute atomic E-state index is 12.5. The molecular weight excluding hydrogens is 364 g/mol. The smallest absolute Gasteiger partial charge is 0.262 e. The Kier molecular flexibility index (Phi) is 6.13. The van der Waals surface area contributed by atoms with Gasteiger partial charge in [-0.3, -0.25) is 4.79 Å². The third-order valence-corrected chi connectivity index (χ3v) is 6.48. The lowest BCUT2D eigenvalue weighted by Crippen LogP contribution is -2.27. The fourth-order valence-corrected chi connectivity index (χ4v) is 4.59. The fraction of sp³-hybridized carbons (Fsp3) is 0.350. The van der Waals surface area contributed by atoms with Crippen LogP contribution < -0.4 is 10.1 Å². The number of aryl methyl sites for hydroxylation is 1. The van der Waals surface area contributed by atoms with Crippen LogP contribution in [0.3, 0.4) is 0 Å². The molecule has 0 saturated carbocycles. The first-order valence-corrected chi connectivity index (χ1v) is 10.6. The number of nitrogens with one attached hydrogen (secondary N) is 1. The summed E-state index contributed by atoms with van der Waals surface area (Å²) in [4.78, 5) is 12.4. The lowest BCUT2D eigenvalue weighted by Gasteiger charge is -2.15. The van der Waals surface area contributed by atoms with Crippen molar-refractivity contribution in [2.45, 2.75) is 31.1 Å². The van der Waals surface area contributed by atoms with Crippen molar-refractivity contribution in [1.29, 1.82) is 0 Å². The zero-order chi connectivity index (χ0) is 19.3. The number of carbonyl (C=O) groups excluding carboxylic acids is 1. The highest BCUT2D eigenvalue weighted by molar-refractivity contribution is 7.89. The SMILES string of the molecule is CCc1ccccc1NC(=O)COc1ccc(S(=O)(=O)N2CCCC2)cc1. The molecule has 2 aromatic rings. The first-order chi connectivity index (χ1) is 13.0. The van der Waals surface area contributed by atoms with Crippen LogP contribution in [0.1, 0.15) is 25.3 Å². The van der Waals surface area contributed by atoms with Crippen LogP contribution in [-0.2, 0) is 21.2 Å². The normalized spacial score (nSPS) is 14.9. The molecule has 144 valence electrons. The zero-order valence-corrected chi connectivity index (χ0v) is 16.2. The minimum absolute atomic E-state index is 0.143. The molecule has 3 rings (SSSR count). The average molecular weight is 388 g/mol. The van der Waals surface area contributed by atoms with Gasteiger partial charge in [0.15, 0.2) is 6.61 Å². The van der Waals surface area contributed by atoms with Crippen molar-refractivity contribution in [2.24, 2.45) is 0 Å². The van der Waals surface area contributed by atoms with Crippen molar-refractivity contribution >= 4 is 21.6 Å². The van der Waals surface area contributed by atoms with Crippen molar-refractivity contribution in [3.63, 3.8) is 0 Å². The van der Waals surface area contributed by atoms with E-state index >= 15 is 0 Å². The molecule has 0 aromatic heterocycles. The van der Waals surface area contributed by atoms with E-state index < -0.39 is 10.0 Å².